The molecule has 0 saturated heterocycles. The van der Waals surface area contributed by atoms with Crippen molar-refractivity contribution in [2.24, 2.45) is 5.10 Å². The monoisotopic (exact) mass is 692 g/mol. The van der Waals surface area contributed by atoms with Crippen LogP contribution < -0.4 is 20.3 Å². The van der Waals surface area contributed by atoms with Gasteiger partial charge in [-0.05, 0) is 69.1 Å². The summed E-state index contributed by atoms with van der Waals surface area (Å²) in [6, 6.07) is 24.0. The van der Waals surface area contributed by atoms with Crippen LogP contribution in [0.4, 0.5) is 10.1 Å². The van der Waals surface area contributed by atoms with Gasteiger partial charge >= 0.3 is 0 Å². The number of aromatic nitrogens is 2. The van der Waals surface area contributed by atoms with Crippen LogP contribution in [-0.2, 0) is 4.79 Å². The molecular formula is C31H23Br2FN4O4. The minimum Gasteiger partial charge on any atom is -0.490 e. The summed E-state index contributed by atoms with van der Waals surface area (Å²) in [6.45, 7) is 1.73. The Balaban J connectivity index is 1.49. The molecule has 11 heteroatoms. The van der Waals surface area contributed by atoms with Gasteiger partial charge in [0, 0.05) is 15.6 Å². The Kier molecular flexibility index (Phi) is 9.09. The maximum atomic E-state index is 13.9. The molecule has 0 unspecified atom stereocenters. The molecule has 0 fully saturated rings. The number of benzene rings is 4. The highest BCUT2D eigenvalue weighted by Crippen LogP contribution is 2.42. The van der Waals surface area contributed by atoms with Crippen LogP contribution in [0.3, 0.4) is 0 Å². The van der Waals surface area contributed by atoms with Crippen molar-refractivity contribution in [1.82, 2.24) is 9.66 Å². The number of fused-ring (bicyclic) bond motifs is 1. The second-order valence-electron chi connectivity index (χ2n) is 8.85. The fourth-order valence-corrected chi connectivity index (χ4v) is 5.04. The molecule has 0 bridgehead atoms. The molecule has 1 heterocycles. The Hall–Kier alpha value is -4.35. The number of amides is 1. The first-order valence-electron chi connectivity index (χ1n) is 12.8. The fraction of sp³-hybridized carbons (Fsp3) is 0.0968. The van der Waals surface area contributed by atoms with Crippen molar-refractivity contribution >= 4 is 60.6 Å². The second kappa shape index (κ2) is 13.1. The fourth-order valence-electron chi connectivity index (χ4n) is 4.11. The SMILES string of the molecule is CCOc1cc(C=Nn2c(-c3ccccc3)nc3ccccc3c2=O)c(Br)c(Br)c1OCC(=O)Nc1ccccc1F. The average Bonchev–Trinajstić information content (AvgIpc) is 3.00. The normalized spacial score (nSPS) is 11.1. The molecule has 0 aliphatic carbocycles. The zero-order chi connectivity index (χ0) is 29.6. The number of ether oxygens (including phenoxy) is 2. The Labute approximate surface area is 257 Å². The van der Waals surface area contributed by atoms with Crippen LogP contribution >= 0.6 is 31.9 Å². The van der Waals surface area contributed by atoms with Gasteiger partial charge in [0.2, 0.25) is 0 Å². The predicted octanol–water partition coefficient (Wildman–Crippen LogP) is 7.03. The van der Waals surface area contributed by atoms with Gasteiger partial charge < -0.3 is 14.8 Å². The number of carbonyl (C=O) groups excluding carboxylic acids is 1. The molecule has 212 valence electrons. The van der Waals surface area contributed by atoms with Gasteiger partial charge in [-0.1, -0.05) is 54.6 Å². The van der Waals surface area contributed by atoms with Crippen LogP contribution in [0.15, 0.2) is 104 Å². The molecule has 5 rings (SSSR count). The molecule has 1 N–H and O–H groups in total. The smallest absolute Gasteiger partial charge is 0.282 e. The van der Waals surface area contributed by atoms with E-state index in [1.54, 1.807) is 30.3 Å². The first kappa shape index (κ1) is 29.2. The largest absolute Gasteiger partial charge is 0.490 e. The molecule has 0 radical (unpaired) electrons. The van der Waals surface area contributed by atoms with E-state index in [1.807, 2.05) is 43.3 Å². The quantitative estimate of drug-likeness (QED) is 0.167. The number of nitrogens with zero attached hydrogens (tertiary/aromatic N) is 3. The summed E-state index contributed by atoms with van der Waals surface area (Å²) in [4.78, 5) is 30.7. The van der Waals surface area contributed by atoms with Crippen molar-refractivity contribution in [3.63, 3.8) is 0 Å². The summed E-state index contributed by atoms with van der Waals surface area (Å²) < 4.78 is 27.8. The predicted molar refractivity (Wildman–Crippen MR) is 168 cm³/mol. The number of hydrogen-bond acceptors (Lipinski definition) is 6. The second-order valence-corrected chi connectivity index (χ2v) is 10.4. The highest BCUT2D eigenvalue weighted by Gasteiger charge is 2.19. The third-order valence-electron chi connectivity index (χ3n) is 6.05. The summed E-state index contributed by atoms with van der Waals surface area (Å²) in [5.74, 6) is -0.118. The van der Waals surface area contributed by atoms with Crippen molar-refractivity contribution in [2.45, 2.75) is 6.92 Å². The lowest BCUT2D eigenvalue weighted by Gasteiger charge is -2.16. The molecular weight excluding hydrogens is 671 g/mol. The Morgan fingerprint density at radius 2 is 1.71 bits per heavy atom. The van der Waals surface area contributed by atoms with Crippen LogP contribution in [0.5, 0.6) is 11.5 Å². The van der Waals surface area contributed by atoms with Crippen molar-refractivity contribution in [3.8, 4) is 22.9 Å². The third-order valence-corrected chi connectivity index (χ3v) is 8.19. The van der Waals surface area contributed by atoms with Crippen molar-refractivity contribution < 1.29 is 18.7 Å². The lowest BCUT2D eigenvalue weighted by Crippen LogP contribution is -2.21. The van der Waals surface area contributed by atoms with Crippen molar-refractivity contribution in [1.29, 1.82) is 0 Å². The third kappa shape index (κ3) is 6.27. The topological polar surface area (TPSA) is 94.8 Å². The molecule has 0 spiro atoms. The molecule has 1 amide bonds. The van der Waals surface area contributed by atoms with Crippen LogP contribution in [0.2, 0.25) is 0 Å². The number of anilines is 1. The molecule has 0 aliphatic rings. The van der Waals surface area contributed by atoms with Crippen LogP contribution in [-0.4, -0.2) is 35.0 Å². The summed E-state index contributed by atoms with van der Waals surface area (Å²) in [5, 5.41) is 7.45. The van der Waals surface area contributed by atoms with E-state index in [2.05, 4.69) is 42.3 Å². The minimum absolute atomic E-state index is 0.0521. The highest BCUT2D eigenvalue weighted by atomic mass is 79.9. The summed E-state index contributed by atoms with van der Waals surface area (Å²) in [5.41, 5.74) is 1.58. The van der Waals surface area contributed by atoms with Crippen molar-refractivity contribution in [3.05, 3.63) is 116 Å². The van der Waals surface area contributed by atoms with Crippen molar-refractivity contribution in [2.75, 3.05) is 18.5 Å². The zero-order valence-corrected chi connectivity index (χ0v) is 25.4. The maximum Gasteiger partial charge on any atom is 0.282 e. The number of rotatable bonds is 9. The lowest BCUT2D eigenvalue weighted by atomic mass is 10.2. The molecule has 0 atom stereocenters. The molecule has 1 aromatic heterocycles. The molecule has 42 heavy (non-hydrogen) atoms. The lowest BCUT2D eigenvalue weighted by molar-refractivity contribution is -0.118. The molecule has 0 saturated carbocycles. The zero-order valence-electron chi connectivity index (χ0n) is 22.2. The molecule has 8 nitrogen and oxygen atoms in total. The Bertz CT molecular complexity index is 1860. The highest BCUT2D eigenvalue weighted by molar-refractivity contribution is 9.13. The van der Waals surface area contributed by atoms with E-state index in [9.17, 15) is 14.0 Å². The van der Waals surface area contributed by atoms with E-state index < -0.39 is 18.3 Å². The van der Waals surface area contributed by atoms with Gasteiger partial charge in [-0.15, -0.1) is 0 Å². The maximum absolute atomic E-state index is 13.9. The number of halogens is 3. The van der Waals surface area contributed by atoms with Crippen LogP contribution in [0.1, 0.15) is 12.5 Å². The van der Waals surface area contributed by atoms with E-state index in [-0.39, 0.29) is 17.0 Å². The molecule has 0 aliphatic heterocycles. The van der Waals surface area contributed by atoms with Gasteiger partial charge in [-0.25, -0.2) is 9.37 Å². The summed E-state index contributed by atoms with van der Waals surface area (Å²) in [7, 11) is 0. The molecule has 4 aromatic carbocycles. The number of hydrogen-bond donors (Lipinski definition) is 1. The van der Waals surface area contributed by atoms with Gasteiger partial charge in [0.25, 0.3) is 11.5 Å². The van der Waals surface area contributed by atoms with E-state index in [0.29, 0.717) is 43.6 Å². The molecule has 5 aromatic rings. The van der Waals surface area contributed by atoms with Gasteiger partial charge in [0.15, 0.2) is 23.9 Å². The van der Waals surface area contributed by atoms with Crippen LogP contribution in [0.25, 0.3) is 22.3 Å². The van der Waals surface area contributed by atoms with E-state index in [0.717, 1.165) is 5.56 Å². The first-order valence-corrected chi connectivity index (χ1v) is 14.4. The van der Waals surface area contributed by atoms with Gasteiger partial charge in [0.1, 0.15) is 5.82 Å². The van der Waals surface area contributed by atoms with Gasteiger partial charge in [-0.2, -0.15) is 9.78 Å². The van der Waals surface area contributed by atoms with Crippen LogP contribution in [0, 0.1) is 5.82 Å². The number of carbonyl (C=O) groups is 1. The summed E-state index contributed by atoms with van der Waals surface area (Å²) in [6.07, 6.45) is 1.51. The Morgan fingerprint density at radius 1 is 1.00 bits per heavy atom. The first-order chi connectivity index (χ1) is 20.4. The minimum atomic E-state index is -0.551. The Morgan fingerprint density at radius 3 is 2.48 bits per heavy atom. The number of nitrogens with one attached hydrogen (secondary N) is 1. The number of para-hydroxylation sites is 2. The average molecular weight is 694 g/mol. The van der Waals surface area contributed by atoms with E-state index in [1.165, 1.54) is 29.1 Å². The van der Waals surface area contributed by atoms with E-state index in [4.69, 9.17) is 14.5 Å². The summed E-state index contributed by atoms with van der Waals surface area (Å²) >= 11 is 7.07. The van der Waals surface area contributed by atoms with Gasteiger partial charge in [-0.3, -0.25) is 9.59 Å². The van der Waals surface area contributed by atoms with Gasteiger partial charge in [0.05, 0.1) is 33.9 Å². The standard InChI is InChI=1S/C31H23Br2FN4O4/c1-2-41-25-16-20(27(32)28(33)29(25)42-18-26(39)36-24-15-9-7-13-22(24)34)17-35-38-30(19-10-4-3-5-11-19)37-23-14-8-6-12-21(23)31(38)40/h3-17H,2,18H2,1H3,(H,36,39). The van der Waals surface area contributed by atoms with E-state index >= 15 is 0 Å².